The van der Waals surface area contributed by atoms with Crippen LogP contribution in [0.2, 0.25) is 0 Å². The maximum absolute atomic E-state index is 12.1. The van der Waals surface area contributed by atoms with Crippen molar-refractivity contribution in [1.82, 2.24) is 20.6 Å². The third-order valence-corrected chi connectivity index (χ3v) is 8.11. The van der Waals surface area contributed by atoms with Gasteiger partial charge in [0.05, 0.1) is 48.2 Å². The lowest BCUT2D eigenvalue weighted by Crippen LogP contribution is -2.46. The van der Waals surface area contributed by atoms with E-state index >= 15 is 0 Å². The maximum Gasteiger partial charge on any atom is 0.407 e. The van der Waals surface area contributed by atoms with E-state index < -0.39 is 23.4 Å². The van der Waals surface area contributed by atoms with E-state index in [2.05, 4.69) is 48.3 Å². The topological polar surface area (TPSA) is 173 Å². The summed E-state index contributed by atoms with van der Waals surface area (Å²) in [5, 5.41) is 5.96. The van der Waals surface area contributed by atoms with Gasteiger partial charge < -0.3 is 41.0 Å². The number of nitrogens with one attached hydrogen (secondary N) is 2. The molecule has 0 unspecified atom stereocenters. The van der Waals surface area contributed by atoms with Crippen LogP contribution in [-0.4, -0.2) is 57.6 Å². The van der Waals surface area contributed by atoms with Crippen molar-refractivity contribution < 1.29 is 28.5 Å². The molecule has 2 amide bonds. The minimum absolute atomic E-state index is 0.0152. The van der Waals surface area contributed by atoms with Crippen LogP contribution in [0, 0.1) is 11.8 Å². The molecule has 4 rings (SSSR count). The fourth-order valence-electron chi connectivity index (χ4n) is 5.78. The molecule has 12 nitrogen and oxygen atoms in total. The summed E-state index contributed by atoms with van der Waals surface area (Å²) in [6, 6.07) is 3.73. The van der Waals surface area contributed by atoms with Gasteiger partial charge in [-0.3, -0.25) is 9.97 Å². The molecule has 0 bridgehead atoms. The van der Waals surface area contributed by atoms with Crippen LogP contribution in [0.3, 0.4) is 0 Å². The number of anilines is 2. The van der Waals surface area contributed by atoms with Crippen LogP contribution in [0.1, 0.15) is 118 Å². The lowest BCUT2D eigenvalue weighted by molar-refractivity contribution is -0.0836. The lowest BCUT2D eigenvalue weighted by Gasteiger charge is -2.38. The lowest BCUT2D eigenvalue weighted by atomic mass is 9.90. The van der Waals surface area contributed by atoms with E-state index in [-0.39, 0.29) is 36.5 Å². The van der Waals surface area contributed by atoms with Crippen molar-refractivity contribution in [3.05, 3.63) is 48.0 Å². The number of aromatic nitrogens is 2. The molecule has 4 heterocycles. The number of nitrogens with zero attached hydrogens (tertiary/aromatic N) is 2. The zero-order valence-electron chi connectivity index (χ0n) is 30.4. The number of amides is 2. The Morgan fingerprint density at radius 2 is 1.06 bits per heavy atom. The first-order valence-corrected chi connectivity index (χ1v) is 17.0. The zero-order valence-corrected chi connectivity index (χ0v) is 30.4. The normalized spacial score (nSPS) is 24.7. The van der Waals surface area contributed by atoms with E-state index in [0.29, 0.717) is 36.1 Å². The standard InChI is InChI=1S/2C18H29N3O3/c2*1-11(2)15-8-12(21-17(22)24-18(3,4)5)9-16(23-15)13-6-7-20-10-14(13)19/h2*6-7,10-12,15-16H,8-9,19H2,1-5H3,(H,21,22)/t2*12-,15-,16+/m10/s1. The van der Waals surface area contributed by atoms with Crippen LogP contribution in [-0.2, 0) is 18.9 Å². The number of hydrogen-bond acceptors (Lipinski definition) is 10. The second kappa shape index (κ2) is 16.6. The maximum atomic E-state index is 12.1. The van der Waals surface area contributed by atoms with Gasteiger partial charge >= 0.3 is 12.2 Å². The van der Waals surface area contributed by atoms with Gasteiger partial charge in [0.15, 0.2) is 0 Å². The number of alkyl carbamates (subject to hydrolysis) is 2. The molecule has 2 aromatic rings. The summed E-state index contributed by atoms with van der Waals surface area (Å²) in [7, 11) is 0. The van der Waals surface area contributed by atoms with Gasteiger partial charge in [0.2, 0.25) is 0 Å². The molecule has 12 heteroatoms. The van der Waals surface area contributed by atoms with Crippen molar-refractivity contribution in [2.45, 2.75) is 143 Å². The molecule has 2 aliphatic rings. The molecule has 48 heavy (non-hydrogen) atoms. The second-order valence-corrected chi connectivity index (χ2v) is 15.5. The minimum Gasteiger partial charge on any atom is -0.444 e. The molecule has 268 valence electrons. The molecule has 0 aliphatic carbocycles. The molecule has 6 N–H and O–H groups in total. The van der Waals surface area contributed by atoms with Gasteiger partial charge in [0.1, 0.15) is 11.2 Å². The fourth-order valence-corrected chi connectivity index (χ4v) is 5.78. The molecule has 2 fully saturated rings. The molecule has 2 saturated heterocycles. The fraction of sp³-hybridized carbons (Fsp3) is 0.667. The van der Waals surface area contributed by atoms with E-state index in [1.165, 1.54) is 0 Å². The molecular formula is C36H58N6O6. The molecule has 0 aromatic carbocycles. The van der Waals surface area contributed by atoms with Gasteiger partial charge in [-0.2, -0.15) is 0 Å². The summed E-state index contributed by atoms with van der Waals surface area (Å²) in [6.45, 7) is 19.6. The number of hydrogen-bond donors (Lipinski definition) is 4. The van der Waals surface area contributed by atoms with Crippen molar-refractivity contribution >= 4 is 23.6 Å². The number of carbonyl (C=O) groups is 2. The van der Waals surface area contributed by atoms with E-state index in [0.717, 1.165) is 24.0 Å². The third kappa shape index (κ3) is 12.4. The van der Waals surface area contributed by atoms with Crippen molar-refractivity contribution in [3.8, 4) is 0 Å². The number of nitrogen functional groups attached to an aromatic ring is 2. The summed E-state index contributed by atoms with van der Waals surface area (Å²) in [4.78, 5) is 32.3. The minimum atomic E-state index is -0.512. The third-order valence-electron chi connectivity index (χ3n) is 8.11. The Labute approximate surface area is 286 Å². The highest BCUT2D eigenvalue weighted by molar-refractivity contribution is 5.68. The van der Waals surface area contributed by atoms with Crippen LogP contribution < -0.4 is 22.1 Å². The summed E-state index contributed by atoms with van der Waals surface area (Å²) in [6.07, 6.45) is 8.55. The van der Waals surface area contributed by atoms with E-state index in [4.69, 9.17) is 30.4 Å². The van der Waals surface area contributed by atoms with Gasteiger partial charge in [-0.25, -0.2) is 9.59 Å². The molecule has 2 aliphatic heterocycles. The van der Waals surface area contributed by atoms with Crippen LogP contribution in [0.4, 0.5) is 21.0 Å². The van der Waals surface area contributed by atoms with Crippen LogP contribution in [0.15, 0.2) is 36.9 Å². The molecule has 0 saturated carbocycles. The summed E-state index contributed by atoms with van der Waals surface area (Å²) >= 11 is 0. The Morgan fingerprint density at radius 1 is 0.708 bits per heavy atom. The highest BCUT2D eigenvalue weighted by Gasteiger charge is 2.36. The average Bonchev–Trinajstić information content (AvgIpc) is 2.95. The van der Waals surface area contributed by atoms with E-state index in [1.807, 2.05) is 53.7 Å². The Balaban J connectivity index is 0.000000260. The molecule has 6 atom stereocenters. The number of ether oxygens (including phenoxy) is 4. The van der Waals surface area contributed by atoms with E-state index in [9.17, 15) is 9.59 Å². The molecule has 0 spiro atoms. The highest BCUT2D eigenvalue weighted by Crippen LogP contribution is 2.37. The van der Waals surface area contributed by atoms with Gasteiger partial charge in [-0.05, 0) is 91.2 Å². The Hall–Kier alpha value is -3.64. The predicted molar refractivity (Wildman–Crippen MR) is 187 cm³/mol. The smallest absolute Gasteiger partial charge is 0.407 e. The number of carbonyl (C=O) groups excluding carboxylic acids is 2. The Kier molecular flexibility index (Phi) is 13.5. The van der Waals surface area contributed by atoms with Gasteiger partial charge in [-0.15, -0.1) is 0 Å². The number of nitrogens with two attached hydrogens (primary N) is 2. The quantitative estimate of drug-likeness (QED) is 0.254. The monoisotopic (exact) mass is 670 g/mol. The number of rotatable bonds is 6. The number of pyridine rings is 2. The predicted octanol–water partition coefficient (Wildman–Crippen LogP) is 6.87. The summed E-state index contributed by atoms with van der Waals surface area (Å²) in [5.41, 5.74) is 14.1. The highest BCUT2D eigenvalue weighted by atomic mass is 16.6. The largest absolute Gasteiger partial charge is 0.444 e. The Morgan fingerprint density at radius 3 is 1.35 bits per heavy atom. The van der Waals surface area contributed by atoms with Gasteiger partial charge in [-0.1, -0.05) is 27.7 Å². The summed E-state index contributed by atoms with van der Waals surface area (Å²) < 4.78 is 23.2. The molecular weight excluding hydrogens is 612 g/mol. The van der Waals surface area contributed by atoms with E-state index in [1.54, 1.807) is 24.8 Å². The van der Waals surface area contributed by atoms with Gasteiger partial charge in [0, 0.05) is 35.6 Å². The van der Waals surface area contributed by atoms with Crippen molar-refractivity contribution in [2.24, 2.45) is 11.8 Å². The summed E-state index contributed by atoms with van der Waals surface area (Å²) in [5.74, 6) is 0.692. The van der Waals surface area contributed by atoms with Crippen molar-refractivity contribution in [2.75, 3.05) is 11.5 Å². The Bertz CT molecular complexity index is 1240. The van der Waals surface area contributed by atoms with Crippen molar-refractivity contribution in [3.63, 3.8) is 0 Å². The van der Waals surface area contributed by atoms with Crippen LogP contribution in [0.5, 0.6) is 0 Å². The first-order chi connectivity index (χ1) is 22.3. The zero-order chi connectivity index (χ0) is 35.8. The second-order valence-electron chi connectivity index (χ2n) is 15.5. The molecule has 2 aromatic heterocycles. The first kappa shape index (κ1) is 38.8. The van der Waals surface area contributed by atoms with Crippen LogP contribution >= 0.6 is 0 Å². The first-order valence-electron chi connectivity index (χ1n) is 17.0. The van der Waals surface area contributed by atoms with Gasteiger partial charge in [0.25, 0.3) is 0 Å². The van der Waals surface area contributed by atoms with Crippen LogP contribution in [0.25, 0.3) is 0 Å². The van der Waals surface area contributed by atoms with Crippen molar-refractivity contribution in [1.29, 1.82) is 0 Å². The molecule has 0 radical (unpaired) electrons. The SMILES string of the molecule is CC(C)[C@@H]1C[C@H](NC(=O)OC(C)(C)C)C[C@H](c2ccncc2N)O1.CC(C)[C@H]1C[C@@H](NC(=O)OC(C)(C)C)C[C@@H](c2ccncc2N)O1. The average molecular weight is 671 g/mol.